The van der Waals surface area contributed by atoms with Crippen molar-refractivity contribution < 1.29 is 8.83 Å². The Bertz CT molecular complexity index is 2960. The first-order chi connectivity index (χ1) is 24.2. The Balaban J connectivity index is 1.15. The maximum atomic E-state index is 6.29. The predicted molar refractivity (Wildman–Crippen MR) is 207 cm³/mol. The maximum Gasteiger partial charge on any atom is 0.227 e. The third-order valence-electron chi connectivity index (χ3n) is 9.48. The van der Waals surface area contributed by atoms with Crippen molar-refractivity contribution in [2.75, 3.05) is 4.90 Å². The molecule has 0 radical (unpaired) electrons. The van der Waals surface area contributed by atoms with E-state index in [1.54, 1.807) is 11.3 Å². The molecule has 0 amide bonds. The number of para-hydroxylation sites is 1. The molecule has 4 nitrogen and oxygen atoms in total. The second kappa shape index (κ2) is 10.3. The fourth-order valence-corrected chi connectivity index (χ4v) is 9.52. The molecule has 0 saturated carbocycles. The summed E-state index contributed by atoms with van der Waals surface area (Å²) in [6.07, 6.45) is 0. The van der Waals surface area contributed by atoms with Crippen LogP contribution in [0.25, 0.3) is 84.8 Å². The summed E-state index contributed by atoms with van der Waals surface area (Å²) in [7, 11) is 0. The van der Waals surface area contributed by atoms with Crippen molar-refractivity contribution in [1.29, 1.82) is 0 Å². The minimum absolute atomic E-state index is 0.642. The monoisotopic (exact) mass is 664 g/mol. The number of thiophene rings is 2. The van der Waals surface area contributed by atoms with E-state index < -0.39 is 0 Å². The number of furan rings is 1. The number of rotatable bonds is 4. The fourth-order valence-electron chi connectivity index (χ4n) is 7.22. The third-order valence-corrected chi connectivity index (χ3v) is 11.8. The van der Waals surface area contributed by atoms with Crippen molar-refractivity contribution in [2.45, 2.75) is 0 Å². The summed E-state index contributed by atoms with van der Waals surface area (Å²) in [6, 6.07) is 51.4. The van der Waals surface area contributed by atoms with Gasteiger partial charge in [0.15, 0.2) is 5.58 Å². The summed E-state index contributed by atoms with van der Waals surface area (Å²) in [5.74, 6) is 0.642. The summed E-state index contributed by atoms with van der Waals surface area (Å²) >= 11 is 3.64. The van der Waals surface area contributed by atoms with E-state index >= 15 is 0 Å². The maximum absolute atomic E-state index is 6.29. The molecule has 0 aliphatic rings. The van der Waals surface area contributed by atoms with Gasteiger partial charge in [-0.1, -0.05) is 66.7 Å². The molecule has 49 heavy (non-hydrogen) atoms. The molecule has 7 aromatic carbocycles. The van der Waals surface area contributed by atoms with Crippen LogP contribution in [0.4, 0.5) is 17.1 Å². The number of hydrogen-bond donors (Lipinski definition) is 0. The molecule has 0 aliphatic carbocycles. The van der Waals surface area contributed by atoms with Gasteiger partial charge in [0.25, 0.3) is 0 Å². The number of aromatic nitrogens is 1. The first-order valence-corrected chi connectivity index (χ1v) is 17.8. The molecule has 0 saturated heterocycles. The van der Waals surface area contributed by atoms with Crippen LogP contribution in [0.15, 0.2) is 154 Å². The van der Waals surface area contributed by atoms with E-state index in [0.29, 0.717) is 5.89 Å². The van der Waals surface area contributed by atoms with Crippen molar-refractivity contribution in [3.8, 4) is 11.5 Å². The van der Waals surface area contributed by atoms with Gasteiger partial charge in [-0.15, -0.1) is 22.7 Å². The molecule has 6 heteroatoms. The molecule has 11 aromatic rings. The van der Waals surface area contributed by atoms with Gasteiger partial charge in [0.2, 0.25) is 5.89 Å². The highest BCUT2D eigenvalue weighted by molar-refractivity contribution is 7.26. The zero-order chi connectivity index (χ0) is 32.1. The van der Waals surface area contributed by atoms with Crippen molar-refractivity contribution >= 4 is 113 Å². The average Bonchev–Trinajstić information content (AvgIpc) is 3.92. The fraction of sp³-hybridized carbons (Fsp3) is 0. The van der Waals surface area contributed by atoms with Gasteiger partial charge in [-0.05, 0) is 72.8 Å². The van der Waals surface area contributed by atoms with Crippen molar-refractivity contribution in [1.82, 2.24) is 4.98 Å². The lowest BCUT2D eigenvalue weighted by Gasteiger charge is -2.26. The Morgan fingerprint density at radius 3 is 2.08 bits per heavy atom. The SMILES string of the molecule is c1ccc(-c2nc3cc4c(cc3o2)sc2c(N(c3ccc5oc6ccccc6c5c3)c3ccc5sc6ccccc6c5c3)cccc24)cc1. The van der Waals surface area contributed by atoms with Crippen LogP contribution in [0.5, 0.6) is 0 Å². The van der Waals surface area contributed by atoms with E-state index in [1.165, 1.54) is 40.3 Å². The van der Waals surface area contributed by atoms with Crippen LogP contribution in [0.2, 0.25) is 0 Å². The Morgan fingerprint density at radius 1 is 0.449 bits per heavy atom. The van der Waals surface area contributed by atoms with Crippen LogP contribution >= 0.6 is 22.7 Å². The quantitative estimate of drug-likeness (QED) is 0.188. The topological polar surface area (TPSA) is 42.4 Å². The van der Waals surface area contributed by atoms with Gasteiger partial charge in [-0.25, -0.2) is 4.98 Å². The van der Waals surface area contributed by atoms with E-state index in [0.717, 1.165) is 55.7 Å². The number of fused-ring (bicyclic) bond motifs is 10. The first kappa shape index (κ1) is 27.0. The van der Waals surface area contributed by atoms with E-state index in [2.05, 4.69) is 108 Å². The molecule has 0 N–H and O–H groups in total. The second-order valence-corrected chi connectivity index (χ2v) is 14.5. The van der Waals surface area contributed by atoms with E-state index in [1.807, 2.05) is 53.8 Å². The van der Waals surface area contributed by atoms with Crippen molar-refractivity contribution in [2.24, 2.45) is 0 Å². The van der Waals surface area contributed by atoms with Crippen molar-refractivity contribution in [3.63, 3.8) is 0 Å². The minimum Gasteiger partial charge on any atom is -0.456 e. The van der Waals surface area contributed by atoms with Crippen LogP contribution in [0.1, 0.15) is 0 Å². The normalized spacial score (nSPS) is 12.1. The minimum atomic E-state index is 0.642. The molecule has 230 valence electrons. The molecule has 0 spiro atoms. The zero-order valence-corrected chi connectivity index (χ0v) is 27.5. The van der Waals surface area contributed by atoms with Gasteiger partial charge in [-0.3, -0.25) is 0 Å². The molecular formula is C43H24N2O2S2. The number of benzene rings is 7. The van der Waals surface area contributed by atoms with Gasteiger partial charge in [0.05, 0.1) is 10.4 Å². The lowest BCUT2D eigenvalue weighted by Crippen LogP contribution is -2.10. The van der Waals surface area contributed by atoms with Gasteiger partial charge in [0, 0.05) is 69.4 Å². The van der Waals surface area contributed by atoms with Crippen LogP contribution in [0, 0.1) is 0 Å². The zero-order valence-electron chi connectivity index (χ0n) is 25.9. The molecule has 11 rings (SSSR count). The highest BCUT2D eigenvalue weighted by atomic mass is 32.1. The first-order valence-electron chi connectivity index (χ1n) is 16.2. The molecule has 4 heterocycles. The van der Waals surface area contributed by atoms with Gasteiger partial charge in [-0.2, -0.15) is 0 Å². The standard InChI is InChI=1S/C43H24N2O2S2/c1-2-9-25(10-3-1)43-44-34-23-33-30-13-8-14-35(42(30)49-41(33)24-38(34)47-43)45(26-17-19-37-31(21-26)28-11-4-6-15-36(28)46-37)27-18-20-40-32(22-27)29-12-5-7-16-39(29)48-40/h1-24H. The number of anilines is 3. The van der Waals surface area contributed by atoms with Crippen LogP contribution in [0.3, 0.4) is 0 Å². The lowest BCUT2D eigenvalue weighted by molar-refractivity contribution is 0.620. The molecule has 0 unspecified atom stereocenters. The summed E-state index contributed by atoms with van der Waals surface area (Å²) in [4.78, 5) is 7.29. The molecule has 0 bridgehead atoms. The molecular weight excluding hydrogens is 641 g/mol. The van der Waals surface area contributed by atoms with Crippen LogP contribution in [-0.2, 0) is 0 Å². The van der Waals surface area contributed by atoms with E-state index in [4.69, 9.17) is 13.8 Å². The number of nitrogens with zero attached hydrogens (tertiary/aromatic N) is 2. The van der Waals surface area contributed by atoms with Crippen LogP contribution < -0.4 is 4.90 Å². The number of hydrogen-bond acceptors (Lipinski definition) is 6. The Labute approximate surface area is 287 Å². The molecule has 0 fully saturated rings. The third kappa shape index (κ3) is 4.11. The Hall–Kier alpha value is -5.95. The van der Waals surface area contributed by atoms with Crippen molar-refractivity contribution in [3.05, 3.63) is 146 Å². The highest BCUT2D eigenvalue weighted by Crippen LogP contribution is 2.48. The summed E-state index contributed by atoms with van der Waals surface area (Å²) in [6.45, 7) is 0. The molecule has 4 aromatic heterocycles. The van der Waals surface area contributed by atoms with Gasteiger partial charge in [0.1, 0.15) is 16.7 Å². The Kier molecular flexibility index (Phi) is 5.67. The summed E-state index contributed by atoms with van der Waals surface area (Å²) in [5, 5.41) is 7.14. The summed E-state index contributed by atoms with van der Waals surface area (Å²) in [5.41, 5.74) is 7.72. The Morgan fingerprint density at radius 2 is 1.16 bits per heavy atom. The number of oxazole rings is 1. The van der Waals surface area contributed by atoms with Gasteiger partial charge < -0.3 is 13.7 Å². The van der Waals surface area contributed by atoms with Gasteiger partial charge >= 0.3 is 0 Å². The largest absolute Gasteiger partial charge is 0.456 e. The molecule has 0 atom stereocenters. The molecule has 0 aliphatic heterocycles. The van der Waals surface area contributed by atoms with E-state index in [-0.39, 0.29) is 0 Å². The second-order valence-electron chi connectivity index (χ2n) is 12.3. The smallest absolute Gasteiger partial charge is 0.227 e. The highest BCUT2D eigenvalue weighted by Gasteiger charge is 2.21. The lowest BCUT2D eigenvalue weighted by atomic mass is 10.1. The summed E-state index contributed by atoms with van der Waals surface area (Å²) < 4.78 is 17.5. The predicted octanol–water partition coefficient (Wildman–Crippen LogP) is 13.6. The van der Waals surface area contributed by atoms with E-state index in [9.17, 15) is 0 Å². The average molecular weight is 665 g/mol. The van der Waals surface area contributed by atoms with Crippen LogP contribution in [-0.4, -0.2) is 4.98 Å².